The second kappa shape index (κ2) is 5.99. The number of hydrogen-bond donors (Lipinski definition) is 0. The van der Waals surface area contributed by atoms with E-state index in [9.17, 15) is 9.59 Å². The van der Waals surface area contributed by atoms with Crippen LogP contribution in [0.1, 0.15) is 25.3 Å². The van der Waals surface area contributed by atoms with Crippen LogP contribution >= 0.6 is 0 Å². The van der Waals surface area contributed by atoms with Gasteiger partial charge in [-0.2, -0.15) is 0 Å². The summed E-state index contributed by atoms with van der Waals surface area (Å²) in [6.45, 7) is 5.25. The number of aryl methyl sites for hydroxylation is 1. The van der Waals surface area contributed by atoms with E-state index in [2.05, 4.69) is 17.0 Å². The van der Waals surface area contributed by atoms with Crippen LogP contribution in [0.4, 0.5) is 11.4 Å². The third-order valence-corrected chi connectivity index (χ3v) is 4.71. The smallest absolute Gasteiger partial charge is 0.227 e. The summed E-state index contributed by atoms with van der Waals surface area (Å²) in [6.07, 6.45) is 1.99. The summed E-state index contributed by atoms with van der Waals surface area (Å²) < 4.78 is 0. The highest BCUT2D eigenvalue weighted by molar-refractivity contribution is 5.96. The molecule has 0 spiro atoms. The largest absolute Gasteiger partial charge is 0.368 e. The lowest BCUT2D eigenvalue weighted by molar-refractivity contribution is -0.131. The highest BCUT2D eigenvalue weighted by Crippen LogP contribution is 2.31. The zero-order valence-electron chi connectivity index (χ0n) is 13.3. The molecule has 1 saturated heterocycles. The average Bonchev–Trinajstić information content (AvgIpc) is 2.57. The molecule has 1 fully saturated rings. The Labute approximate surface area is 131 Å². The van der Waals surface area contributed by atoms with Gasteiger partial charge in [0.05, 0.1) is 0 Å². The minimum atomic E-state index is 0.187. The second-order valence-electron chi connectivity index (χ2n) is 5.99. The fourth-order valence-corrected chi connectivity index (χ4v) is 3.28. The van der Waals surface area contributed by atoms with Gasteiger partial charge in [0.15, 0.2) is 0 Å². The molecule has 2 aliphatic heterocycles. The van der Waals surface area contributed by atoms with Crippen molar-refractivity contribution in [3.63, 3.8) is 0 Å². The third kappa shape index (κ3) is 2.67. The summed E-state index contributed by atoms with van der Waals surface area (Å²) in [5.41, 5.74) is 3.47. The van der Waals surface area contributed by atoms with Crippen LogP contribution in [0.3, 0.4) is 0 Å². The van der Waals surface area contributed by atoms with E-state index in [1.165, 1.54) is 11.3 Å². The molecular formula is C17H23N3O2. The van der Waals surface area contributed by atoms with Gasteiger partial charge in [-0.1, -0.05) is 6.92 Å². The van der Waals surface area contributed by atoms with Crippen molar-refractivity contribution in [2.75, 3.05) is 43.0 Å². The monoisotopic (exact) mass is 301 g/mol. The number of carbonyl (C=O) groups is 2. The van der Waals surface area contributed by atoms with Gasteiger partial charge in [0.1, 0.15) is 0 Å². The SMILES string of the molecule is CCC(=O)N1CCN(c2ccc3c(c2)CCC(=O)N3C)CC1. The van der Waals surface area contributed by atoms with E-state index in [1.807, 2.05) is 24.9 Å². The quantitative estimate of drug-likeness (QED) is 0.834. The normalized spacial score (nSPS) is 18.5. The first-order chi connectivity index (χ1) is 10.6. The Morgan fingerprint density at radius 2 is 1.86 bits per heavy atom. The fraction of sp³-hybridized carbons (Fsp3) is 0.529. The van der Waals surface area contributed by atoms with Gasteiger partial charge < -0.3 is 14.7 Å². The molecule has 0 unspecified atom stereocenters. The Morgan fingerprint density at radius 3 is 2.55 bits per heavy atom. The summed E-state index contributed by atoms with van der Waals surface area (Å²) in [5.74, 6) is 0.428. The van der Waals surface area contributed by atoms with Crippen molar-refractivity contribution in [1.82, 2.24) is 4.90 Å². The first-order valence-electron chi connectivity index (χ1n) is 8.02. The van der Waals surface area contributed by atoms with Crippen LogP contribution in [0.25, 0.3) is 0 Å². The lowest BCUT2D eigenvalue weighted by atomic mass is 10.0. The number of carbonyl (C=O) groups excluding carboxylic acids is 2. The lowest BCUT2D eigenvalue weighted by Crippen LogP contribution is -2.48. The van der Waals surface area contributed by atoms with E-state index in [4.69, 9.17) is 0 Å². The zero-order chi connectivity index (χ0) is 15.7. The van der Waals surface area contributed by atoms with E-state index in [0.29, 0.717) is 12.8 Å². The lowest BCUT2D eigenvalue weighted by Gasteiger charge is -2.37. The number of amides is 2. The van der Waals surface area contributed by atoms with Gasteiger partial charge in [-0.3, -0.25) is 9.59 Å². The molecular weight excluding hydrogens is 278 g/mol. The first kappa shape index (κ1) is 14.9. The molecule has 0 N–H and O–H groups in total. The maximum absolute atomic E-state index is 11.7. The van der Waals surface area contributed by atoms with E-state index in [-0.39, 0.29) is 11.8 Å². The summed E-state index contributed by atoms with van der Waals surface area (Å²) in [5, 5.41) is 0. The molecule has 2 aliphatic rings. The van der Waals surface area contributed by atoms with Gasteiger partial charge in [0.2, 0.25) is 11.8 Å². The maximum atomic E-state index is 11.7. The number of nitrogens with zero attached hydrogens (tertiary/aromatic N) is 3. The van der Waals surface area contributed by atoms with Crippen LogP contribution in [0.15, 0.2) is 18.2 Å². The number of benzene rings is 1. The molecule has 0 aliphatic carbocycles. The average molecular weight is 301 g/mol. The number of piperazine rings is 1. The van der Waals surface area contributed by atoms with Crippen LogP contribution in [0.5, 0.6) is 0 Å². The Hall–Kier alpha value is -2.04. The highest BCUT2D eigenvalue weighted by Gasteiger charge is 2.24. The molecule has 2 heterocycles. The minimum absolute atomic E-state index is 0.187. The van der Waals surface area contributed by atoms with Gasteiger partial charge in [-0.15, -0.1) is 0 Å². The van der Waals surface area contributed by atoms with Crippen molar-refractivity contribution >= 4 is 23.2 Å². The maximum Gasteiger partial charge on any atom is 0.227 e. The van der Waals surface area contributed by atoms with Crippen molar-refractivity contribution in [2.24, 2.45) is 0 Å². The van der Waals surface area contributed by atoms with E-state index >= 15 is 0 Å². The van der Waals surface area contributed by atoms with Crippen molar-refractivity contribution < 1.29 is 9.59 Å². The van der Waals surface area contributed by atoms with Crippen LogP contribution in [-0.2, 0) is 16.0 Å². The molecule has 2 amide bonds. The predicted molar refractivity (Wildman–Crippen MR) is 87.3 cm³/mol. The Bertz CT molecular complexity index is 592. The van der Waals surface area contributed by atoms with Crippen LogP contribution < -0.4 is 9.80 Å². The molecule has 5 heteroatoms. The van der Waals surface area contributed by atoms with Crippen molar-refractivity contribution in [3.8, 4) is 0 Å². The summed E-state index contributed by atoms with van der Waals surface area (Å²) in [4.78, 5) is 29.5. The minimum Gasteiger partial charge on any atom is -0.368 e. The Morgan fingerprint density at radius 1 is 1.14 bits per heavy atom. The first-order valence-corrected chi connectivity index (χ1v) is 8.02. The van der Waals surface area contributed by atoms with Crippen LogP contribution in [0.2, 0.25) is 0 Å². The van der Waals surface area contributed by atoms with Gasteiger partial charge in [-0.05, 0) is 30.2 Å². The number of anilines is 2. The van der Waals surface area contributed by atoms with Crippen molar-refractivity contribution in [1.29, 1.82) is 0 Å². The molecule has 1 aromatic carbocycles. The Balaban J connectivity index is 1.72. The molecule has 0 atom stereocenters. The third-order valence-electron chi connectivity index (χ3n) is 4.71. The molecule has 22 heavy (non-hydrogen) atoms. The molecule has 118 valence electrons. The van der Waals surface area contributed by atoms with Crippen molar-refractivity contribution in [2.45, 2.75) is 26.2 Å². The second-order valence-corrected chi connectivity index (χ2v) is 5.99. The van der Waals surface area contributed by atoms with E-state index in [1.54, 1.807) is 4.90 Å². The fourth-order valence-electron chi connectivity index (χ4n) is 3.28. The zero-order valence-corrected chi connectivity index (χ0v) is 13.3. The van der Waals surface area contributed by atoms with E-state index < -0.39 is 0 Å². The molecule has 5 nitrogen and oxygen atoms in total. The van der Waals surface area contributed by atoms with Gasteiger partial charge in [-0.25, -0.2) is 0 Å². The molecule has 0 radical (unpaired) electrons. The van der Waals surface area contributed by atoms with Gasteiger partial charge in [0, 0.05) is 57.4 Å². The summed E-state index contributed by atoms with van der Waals surface area (Å²) >= 11 is 0. The number of fused-ring (bicyclic) bond motifs is 1. The van der Waals surface area contributed by atoms with Crippen LogP contribution in [0, 0.1) is 0 Å². The van der Waals surface area contributed by atoms with Crippen LogP contribution in [-0.4, -0.2) is 49.9 Å². The highest BCUT2D eigenvalue weighted by atomic mass is 16.2. The summed E-state index contributed by atoms with van der Waals surface area (Å²) in [6, 6.07) is 6.34. The molecule has 3 rings (SSSR count). The molecule has 0 aromatic heterocycles. The predicted octanol–water partition coefficient (Wildman–Crippen LogP) is 1.65. The van der Waals surface area contributed by atoms with Gasteiger partial charge >= 0.3 is 0 Å². The van der Waals surface area contributed by atoms with Crippen molar-refractivity contribution in [3.05, 3.63) is 23.8 Å². The molecule has 0 bridgehead atoms. The van der Waals surface area contributed by atoms with E-state index in [0.717, 1.165) is 38.3 Å². The molecule has 1 aromatic rings. The standard InChI is InChI=1S/C17H23N3O2/c1-3-16(21)20-10-8-19(9-11-20)14-5-6-15-13(12-14)4-7-17(22)18(15)2/h5-6,12H,3-4,7-11H2,1-2H3. The number of rotatable bonds is 2. The molecule has 0 saturated carbocycles. The number of hydrogen-bond acceptors (Lipinski definition) is 3. The summed E-state index contributed by atoms with van der Waals surface area (Å²) in [7, 11) is 1.84. The Kier molecular flexibility index (Phi) is 4.05. The van der Waals surface area contributed by atoms with Gasteiger partial charge in [0.25, 0.3) is 0 Å². The topological polar surface area (TPSA) is 43.9 Å².